The highest BCUT2D eigenvalue weighted by Gasteiger charge is 2.29. The van der Waals surface area contributed by atoms with Crippen molar-refractivity contribution in [1.29, 1.82) is 0 Å². The molecule has 0 bridgehead atoms. The van der Waals surface area contributed by atoms with Crippen LogP contribution in [0.5, 0.6) is 0 Å². The average molecular weight is 543 g/mol. The fourth-order valence-electron chi connectivity index (χ4n) is 2.84. The summed E-state index contributed by atoms with van der Waals surface area (Å²) in [6.07, 6.45) is 2.46. The van der Waals surface area contributed by atoms with Crippen molar-refractivity contribution < 1.29 is 13.2 Å². The molecule has 0 radical (unpaired) electrons. The van der Waals surface area contributed by atoms with E-state index in [2.05, 4.69) is 27.3 Å². The van der Waals surface area contributed by atoms with Crippen LogP contribution in [-0.4, -0.2) is 58.7 Å². The van der Waals surface area contributed by atoms with E-state index in [1.165, 1.54) is 25.7 Å². The maximum atomic E-state index is 12.3. The zero-order valence-corrected chi connectivity index (χ0v) is 20.6. The SMILES string of the molecule is CN=C(NCc1cccc(S(=O)(=O)NCCOC)c1)NCC1(C)CCCS1.I. The van der Waals surface area contributed by atoms with Crippen LogP contribution in [0.1, 0.15) is 25.3 Å². The lowest BCUT2D eigenvalue weighted by molar-refractivity contribution is 0.204. The molecule has 0 saturated carbocycles. The minimum Gasteiger partial charge on any atom is -0.383 e. The van der Waals surface area contributed by atoms with Gasteiger partial charge in [0, 0.05) is 38.5 Å². The van der Waals surface area contributed by atoms with E-state index in [1.807, 2.05) is 17.8 Å². The molecule has 28 heavy (non-hydrogen) atoms. The van der Waals surface area contributed by atoms with Gasteiger partial charge in [-0.15, -0.1) is 24.0 Å². The summed E-state index contributed by atoms with van der Waals surface area (Å²) in [6, 6.07) is 6.89. The number of hydrogen-bond donors (Lipinski definition) is 3. The van der Waals surface area contributed by atoms with Gasteiger partial charge in [0.2, 0.25) is 10.0 Å². The van der Waals surface area contributed by atoms with E-state index in [1.54, 1.807) is 25.2 Å². The second-order valence-corrected chi connectivity index (χ2v) is 10.2. The van der Waals surface area contributed by atoms with Crippen LogP contribution in [0.2, 0.25) is 0 Å². The van der Waals surface area contributed by atoms with E-state index in [9.17, 15) is 8.42 Å². The van der Waals surface area contributed by atoms with Crippen molar-refractivity contribution in [2.24, 2.45) is 4.99 Å². The molecule has 1 heterocycles. The molecule has 1 unspecified atom stereocenters. The van der Waals surface area contributed by atoms with Crippen LogP contribution in [0.15, 0.2) is 34.2 Å². The third-order valence-electron chi connectivity index (χ3n) is 4.42. The van der Waals surface area contributed by atoms with Crippen LogP contribution in [0, 0.1) is 0 Å². The normalized spacial score (nSPS) is 19.9. The molecule has 1 fully saturated rings. The van der Waals surface area contributed by atoms with Gasteiger partial charge in [-0.25, -0.2) is 13.1 Å². The molecule has 0 aliphatic carbocycles. The Kier molecular flexibility index (Phi) is 11.1. The van der Waals surface area contributed by atoms with Crippen LogP contribution in [0.4, 0.5) is 0 Å². The second kappa shape index (κ2) is 12.2. The molecule has 1 aromatic rings. The maximum absolute atomic E-state index is 12.3. The average Bonchev–Trinajstić information content (AvgIpc) is 3.09. The highest BCUT2D eigenvalue weighted by Crippen LogP contribution is 2.36. The van der Waals surface area contributed by atoms with E-state index in [-0.39, 0.29) is 40.2 Å². The number of nitrogens with one attached hydrogen (secondary N) is 3. The van der Waals surface area contributed by atoms with Crippen LogP contribution < -0.4 is 15.4 Å². The van der Waals surface area contributed by atoms with E-state index in [0.717, 1.165) is 18.1 Å². The Labute approximate surface area is 189 Å². The van der Waals surface area contributed by atoms with E-state index in [4.69, 9.17) is 4.74 Å². The van der Waals surface area contributed by atoms with Gasteiger partial charge in [0.1, 0.15) is 0 Å². The number of aliphatic imine (C=N–C) groups is 1. The van der Waals surface area contributed by atoms with Gasteiger partial charge in [-0.3, -0.25) is 4.99 Å². The first kappa shape index (κ1) is 25.5. The van der Waals surface area contributed by atoms with Crippen molar-refractivity contribution in [3.8, 4) is 0 Å². The van der Waals surface area contributed by atoms with Gasteiger partial charge >= 0.3 is 0 Å². The van der Waals surface area contributed by atoms with Gasteiger partial charge in [0.25, 0.3) is 0 Å². The predicted molar refractivity (Wildman–Crippen MR) is 127 cm³/mol. The van der Waals surface area contributed by atoms with Crippen LogP contribution in [0.25, 0.3) is 0 Å². The number of guanidine groups is 1. The molecule has 1 atom stereocenters. The lowest BCUT2D eigenvalue weighted by Crippen LogP contribution is -2.43. The van der Waals surface area contributed by atoms with Crippen molar-refractivity contribution >= 4 is 51.7 Å². The van der Waals surface area contributed by atoms with Crippen molar-refractivity contribution in [3.05, 3.63) is 29.8 Å². The Balaban J connectivity index is 0.00000392. The van der Waals surface area contributed by atoms with Gasteiger partial charge in [-0.2, -0.15) is 11.8 Å². The minimum absolute atomic E-state index is 0. The first-order valence-corrected chi connectivity index (χ1v) is 11.5. The van der Waals surface area contributed by atoms with Crippen molar-refractivity contribution in [1.82, 2.24) is 15.4 Å². The Hall–Kier alpha value is -0.560. The standard InChI is InChI=1S/C18H30N4O3S2.HI/c1-18(8-5-11-26-18)14-21-17(19-2)20-13-15-6-4-7-16(12-15)27(23,24)22-9-10-25-3;/h4,6-7,12,22H,5,8-11,13-14H2,1-3H3,(H2,19,20,21);1H. The molecule has 7 nitrogen and oxygen atoms in total. The largest absolute Gasteiger partial charge is 0.383 e. The third kappa shape index (κ3) is 8.05. The number of ether oxygens (including phenoxy) is 1. The third-order valence-corrected chi connectivity index (χ3v) is 7.42. The molecule has 0 amide bonds. The minimum atomic E-state index is -3.53. The van der Waals surface area contributed by atoms with E-state index >= 15 is 0 Å². The Morgan fingerprint density at radius 1 is 1.36 bits per heavy atom. The monoisotopic (exact) mass is 542 g/mol. The Morgan fingerprint density at radius 3 is 2.79 bits per heavy atom. The fourth-order valence-corrected chi connectivity index (χ4v) is 5.16. The number of benzene rings is 1. The topological polar surface area (TPSA) is 91.8 Å². The van der Waals surface area contributed by atoms with Crippen molar-refractivity contribution in [2.75, 3.05) is 39.6 Å². The molecule has 2 rings (SSSR count). The summed E-state index contributed by atoms with van der Waals surface area (Å²) in [4.78, 5) is 4.50. The molecular weight excluding hydrogens is 511 g/mol. The number of rotatable bonds is 9. The second-order valence-electron chi connectivity index (χ2n) is 6.72. The number of methoxy groups -OCH3 is 1. The maximum Gasteiger partial charge on any atom is 0.240 e. The van der Waals surface area contributed by atoms with Crippen LogP contribution in [0.3, 0.4) is 0 Å². The van der Waals surface area contributed by atoms with Gasteiger partial charge in [-0.05, 0) is 43.2 Å². The molecule has 1 aliphatic heterocycles. The summed E-state index contributed by atoms with van der Waals surface area (Å²) in [7, 11) is -0.264. The molecule has 0 aromatic heterocycles. The molecule has 1 aliphatic rings. The molecule has 10 heteroatoms. The van der Waals surface area contributed by atoms with Gasteiger partial charge in [-0.1, -0.05) is 12.1 Å². The molecular formula is C18H31IN4O3S2. The van der Waals surface area contributed by atoms with Crippen molar-refractivity contribution in [2.45, 2.75) is 36.0 Å². The summed E-state index contributed by atoms with van der Waals surface area (Å²) in [5.41, 5.74) is 0.869. The Morgan fingerprint density at radius 2 is 2.14 bits per heavy atom. The van der Waals surface area contributed by atoms with Crippen LogP contribution >= 0.6 is 35.7 Å². The molecule has 3 N–H and O–H groups in total. The summed E-state index contributed by atoms with van der Waals surface area (Å²) >= 11 is 2.00. The smallest absolute Gasteiger partial charge is 0.240 e. The zero-order chi connectivity index (χ0) is 19.8. The van der Waals surface area contributed by atoms with Crippen LogP contribution in [-0.2, 0) is 21.3 Å². The molecule has 1 saturated heterocycles. The van der Waals surface area contributed by atoms with Gasteiger partial charge < -0.3 is 15.4 Å². The lowest BCUT2D eigenvalue weighted by atomic mass is 10.1. The highest BCUT2D eigenvalue weighted by atomic mass is 127. The summed E-state index contributed by atoms with van der Waals surface area (Å²) in [5.74, 6) is 1.93. The zero-order valence-electron chi connectivity index (χ0n) is 16.7. The number of nitrogens with zero attached hydrogens (tertiary/aromatic N) is 1. The number of halogens is 1. The number of thioether (sulfide) groups is 1. The van der Waals surface area contributed by atoms with Crippen molar-refractivity contribution in [3.63, 3.8) is 0 Å². The molecule has 1 aromatic carbocycles. The first-order chi connectivity index (χ1) is 12.9. The summed E-state index contributed by atoms with van der Waals surface area (Å²) in [5, 5.41) is 6.63. The Bertz CT molecular complexity index is 738. The molecule has 160 valence electrons. The summed E-state index contributed by atoms with van der Waals surface area (Å²) in [6.45, 7) is 4.20. The van der Waals surface area contributed by atoms with Gasteiger partial charge in [0.05, 0.1) is 11.5 Å². The number of hydrogen-bond acceptors (Lipinski definition) is 5. The molecule has 0 spiro atoms. The predicted octanol–water partition coefficient (Wildman–Crippen LogP) is 2.18. The first-order valence-electron chi connectivity index (χ1n) is 9.04. The highest BCUT2D eigenvalue weighted by molar-refractivity contribution is 14.0. The van der Waals surface area contributed by atoms with Gasteiger partial charge in [0.15, 0.2) is 5.96 Å². The number of sulfonamides is 1. The summed E-state index contributed by atoms with van der Waals surface area (Å²) < 4.78 is 32.3. The quantitative estimate of drug-likeness (QED) is 0.192. The van der Waals surface area contributed by atoms with E-state index in [0.29, 0.717) is 13.2 Å². The fraction of sp³-hybridized carbons (Fsp3) is 0.611. The van der Waals surface area contributed by atoms with E-state index < -0.39 is 10.0 Å². The lowest BCUT2D eigenvalue weighted by Gasteiger charge is -2.24.